The molecular formula is C15H38OSi3. The van der Waals surface area contributed by atoms with Gasteiger partial charge >= 0.3 is 0 Å². The Morgan fingerprint density at radius 2 is 1.26 bits per heavy atom. The highest BCUT2D eigenvalue weighted by Crippen LogP contribution is 2.28. The van der Waals surface area contributed by atoms with Gasteiger partial charge in [0, 0.05) is 31.6 Å². The minimum absolute atomic E-state index is 0.341. The second kappa shape index (κ2) is 9.53. The van der Waals surface area contributed by atoms with Crippen molar-refractivity contribution in [1.82, 2.24) is 0 Å². The molecule has 0 aliphatic heterocycles. The van der Waals surface area contributed by atoms with Gasteiger partial charge in [0.1, 0.15) is 0 Å². The summed E-state index contributed by atoms with van der Waals surface area (Å²) in [6.45, 7) is 15.7. The first-order valence-corrected chi connectivity index (χ1v) is 18.2. The Hall–Kier alpha value is 0.611. The van der Waals surface area contributed by atoms with Crippen LogP contribution in [0, 0.1) is 0 Å². The van der Waals surface area contributed by atoms with Gasteiger partial charge < -0.3 is 5.11 Å². The van der Waals surface area contributed by atoms with Gasteiger partial charge in [0.15, 0.2) is 0 Å². The maximum Gasteiger partial charge on any atom is 0.0470 e. The number of aliphatic hydroxyl groups is 1. The quantitative estimate of drug-likeness (QED) is 0.417. The number of hydrogen-bond donors (Lipinski definition) is 1. The third kappa shape index (κ3) is 12.1. The van der Waals surface area contributed by atoms with Crippen LogP contribution >= 0.6 is 0 Å². The Morgan fingerprint density at radius 3 is 1.74 bits per heavy atom. The number of unbranched alkanes of at least 4 members (excludes halogenated alkanes) is 2. The summed E-state index contributed by atoms with van der Waals surface area (Å²) < 4.78 is 0. The van der Waals surface area contributed by atoms with Gasteiger partial charge in [0.25, 0.3) is 0 Å². The summed E-state index contributed by atoms with van der Waals surface area (Å²) in [5, 5.41) is 8.83. The maximum absolute atomic E-state index is 8.83. The molecule has 0 fully saturated rings. The van der Waals surface area contributed by atoms with Crippen LogP contribution in [0.25, 0.3) is 0 Å². The van der Waals surface area contributed by atoms with Gasteiger partial charge in [-0.15, -0.1) is 0 Å². The van der Waals surface area contributed by atoms with Crippen molar-refractivity contribution < 1.29 is 5.11 Å². The van der Waals surface area contributed by atoms with Gasteiger partial charge in [-0.25, -0.2) is 0 Å². The molecule has 116 valence electrons. The molecule has 19 heavy (non-hydrogen) atoms. The first kappa shape index (κ1) is 19.6. The fraction of sp³-hybridized carbons (Fsp3) is 1.00. The topological polar surface area (TPSA) is 20.2 Å². The highest BCUT2D eigenvalue weighted by molar-refractivity contribution is 6.83. The largest absolute Gasteiger partial charge is 0.396 e. The molecule has 0 unspecified atom stereocenters. The average molecular weight is 319 g/mol. The van der Waals surface area contributed by atoms with Crippen molar-refractivity contribution in [3.63, 3.8) is 0 Å². The van der Waals surface area contributed by atoms with Crippen LogP contribution in [0.1, 0.15) is 19.3 Å². The lowest BCUT2D eigenvalue weighted by Crippen LogP contribution is -2.32. The van der Waals surface area contributed by atoms with Crippen LogP contribution in [-0.4, -0.2) is 36.7 Å². The minimum Gasteiger partial charge on any atom is -0.396 e. The van der Waals surface area contributed by atoms with E-state index in [0.717, 1.165) is 6.42 Å². The lowest BCUT2D eigenvalue weighted by molar-refractivity contribution is 0.284. The summed E-state index contributed by atoms with van der Waals surface area (Å²) in [5.41, 5.74) is 0. The van der Waals surface area contributed by atoms with Crippen molar-refractivity contribution in [2.75, 3.05) is 6.61 Å². The summed E-state index contributed by atoms with van der Waals surface area (Å²) in [7, 11) is -2.20. The molecule has 0 saturated heterocycles. The molecule has 4 heteroatoms. The highest BCUT2D eigenvalue weighted by Gasteiger charge is 2.26. The van der Waals surface area contributed by atoms with Crippen LogP contribution in [0.4, 0.5) is 0 Å². The van der Waals surface area contributed by atoms with Crippen molar-refractivity contribution in [3.8, 4) is 0 Å². The maximum atomic E-state index is 8.83. The molecule has 1 N–H and O–H groups in total. The van der Waals surface area contributed by atoms with Crippen molar-refractivity contribution in [2.45, 2.75) is 88.8 Å². The third-order valence-corrected chi connectivity index (χ3v) is 13.5. The highest BCUT2D eigenvalue weighted by atomic mass is 28.3. The predicted molar refractivity (Wildman–Crippen MR) is 98.8 cm³/mol. The Labute approximate surface area is 125 Å². The normalized spacial score (nSPS) is 13.3. The Bertz CT molecular complexity index is 227. The van der Waals surface area contributed by atoms with Gasteiger partial charge in [0.05, 0.1) is 0 Å². The molecule has 0 bridgehead atoms. The lowest BCUT2D eigenvalue weighted by atomic mass is 10.3. The molecular weight excluding hydrogens is 280 g/mol. The molecule has 0 aliphatic rings. The van der Waals surface area contributed by atoms with Crippen molar-refractivity contribution in [1.29, 1.82) is 0 Å². The fourth-order valence-corrected chi connectivity index (χ4v) is 15.1. The second-order valence-corrected chi connectivity index (χ2v) is 22.3. The Balaban J connectivity index is 3.92. The van der Waals surface area contributed by atoms with E-state index in [-0.39, 0.29) is 8.80 Å². The smallest absolute Gasteiger partial charge is 0.0470 e. The van der Waals surface area contributed by atoms with Gasteiger partial charge in [-0.3, -0.25) is 0 Å². The zero-order valence-corrected chi connectivity index (χ0v) is 17.5. The van der Waals surface area contributed by atoms with Crippen LogP contribution in [0.3, 0.4) is 0 Å². The van der Waals surface area contributed by atoms with E-state index in [1.54, 1.807) is 24.2 Å². The van der Waals surface area contributed by atoms with E-state index in [2.05, 4.69) is 39.3 Å². The average Bonchev–Trinajstić information content (AvgIpc) is 2.30. The Morgan fingerprint density at radius 1 is 0.737 bits per heavy atom. The van der Waals surface area contributed by atoms with Crippen LogP contribution < -0.4 is 0 Å². The molecule has 0 aromatic carbocycles. The van der Waals surface area contributed by atoms with E-state index in [4.69, 9.17) is 5.11 Å². The summed E-state index contributed by atoms with van der Waals surface area (Å²) in [4.78, 5) is 0. The number of rotatable bonds is 11. The first-order valence-electron chi connectivity index (χ1n) is 8.29. The van der Waals surface area contributed by atoms with Crippen LogP contribution in [-0.2, 0) is 0 Å². The first-order chi connectivity index (χ1) is 8.68. The summed E-state index contributed by atoms with van der Waals surface area (Å²) >= 11 is 0. The SMILES string of the molecule is C[SiH](C)CC[Si](C)(C)CC[Si](C)(C)CCCCCO. The summed E-state index contributed by atoms with van der Waals surface area (Å²) in [6.07, 6.45) is 3.58. The molecule has 0 rings (SSSR count). The second-order valence-electron chi connectivity index (χ2n) is 8.30. The van der Waals surface area contributed by atoms with Crippen LogP contribution in [0.15, 0.2) is 0 Å². The molecule has 0 saturated carbocycles. The lowest BCUT2D eigenvalue weighted by Gasteiger charge is -2.29. The molecule has 0 heterocycles. The molecule has 0 radical (unpaired) electrons. The summed E-state index contributed by atoms with van der Waals surface area (Å²) in [6, 6.07) is 7.72. The number of hydrogen-bond acceptors (Lipinski definition) is 1. The van der Waals surface area contributed by atoms with Crippen molar-refractivity contribution >= 4 is 24.9 Å². The zero-order chi connectivity index (χ0) is 14.9. The minimum atomic E-state index is -0.955. The molecule has 0 spiro atoms. The molecule has 0 atom stereocenters. The van der Waals surface area contributed by atoms with Gasteiger partial charge in [-0.05, 0) is 6.42 Å². The van der Waals surface area contributed by atoms with E-state index in [1.807, 2.05) is 0 Å². The monoisotopic (exact) mass is 318 g/mol. The standard InChI is InChI=1S/C15H38OSi3/c1-17(2)11-13-19(5,6)15-14-18(3,4)12-9-7-8-10-16/h16-17H,7-15H2,1-6H3. The Kier molecular flexibility index (Phi) is 9.84. The zero-order valence-electron chi connectivity index (χ0n) is 14.4. The van der Waals surface area contributed by atoms with Gasteiger partial charge in [-0.2, -0.15) is 0 Å². The van der Waals surface area contributed by atoms with E-state index >= 15 is 0 Å². The third-order valence-electron chi connectivity index (χ3n) is 4.39. The molecule has 0 amide bonds. The van der Waals surface area contributed by atoms with E-state index in [9.17, 15) is 0 Å². The molecule has 0 aliphatic carbocycles. The molecule has 1 nitrogen and oxygen atoms in total. The van der Waals surface area contributed by atoms with Crippen molar-refractivity contribution in [2.24, 2.45) is 0 Å². The number of aliphatic hydroxyl groups excluding tert-OH is 1. The van der Waals surface area contributed by atoms with E-state index in [1.165, 1.54) is 18.9 Å². The van der Waals surface area contributed by atoms with E-state index in [0.29, 0.717) is 6.61 Å². The summed E-state index contributed by atoms with van der Waals surface area (Å²) in [5.74, 6) is 0. The van der Waals surface area contributed by atoms with E-state index < -0.39 is 16.1 Å². The van der Waals surface area contributed by atoms with Gasteiger partial charge in [-0.1, -0.05) is 82.3 Å². The molecule has 0 aromatic heterocycles. The van der Waals surface area contributed by atoms with Crippen LogP contribution in [0.2, 0.25) is 69.5 Å². The fourth-order valence-electron chi connectivity index (χ4n) is 2.50. The molecule has 0 aromatic rings. The predicted octanol–water partition coefficient (Wildman–Crippen LogP) is 5.05. The van der Waals surface area contributed by atoms with Crippen molar-refractivity contribution in [3.05, 3.63) is 0 Å². The van der Waals surface area contributed by atoms with Crippen LogP contribution in [0.5, 0.6) is 0 Å². The van der Waals surface area contributed by atoms with Gasteiger partial charge in [0.2, 0.25) is 0 Å².